The molecule has 10 nitrogen and oxygen atoms in total. The van der Waals surface area contributed by atoms with E-state index in [0.29, 0.717) is 48.4 Å². The topological polar surface area (TPSA) is 168 Å². The number of carbonyl (C=O) groups excluding carboxylic acids is 3. The maximum absolute atomic E-state index is 13.5. The molecule has 0 bridgehead atoms. The molecule has 39 heavy (non-hydrogen) atoms. The summed E-state index contributed by atoms with van der Waals surface area (Å²) >= 11 is 0. The van der Waals surface area contributed by atoms with Crippen molar-refractivity contribution in [2.45, 2.75) is 38.6 Å². The lowest BCUT2D eigenvalue weighted by molar-refractivity contribution is -0.124. The quantitative estimate of drug-likeness (QED) is 0.222. The van der Waals surface area contributed by atoms with E-state index < -0.39 is 23.9 Å². The zero-order valence-electron chi connectivity index (χ0n) is 21.7. The molecule has 1 atom stereocenters. The summed E-state index contributed by atoms with van der Waals surface area (Å²) < 4.78 is 0. The number of anilines is 3. The van der Waals surface area contributed by atoms with Crippen LogP contribution >= 0.6 is 0 Å². The van der Waals surface area contributed by atoms with Gasteiger partial charge in [0.2, 0.25) is 11.8 Å². The van der Waals surface area contributed by atoms with Crippen molar-refractivity contribution in [1.82, 2.24) is 0 Å². The van der Waals surface area contributed by atoms with Crippen LogP contribution < -0.4 is 27.0 Å². The molecule has 0 aliphatic carbocycles. The number of carbonyl (C=O) groups is 4. The number of hydrogen-bond donors (Lipinski definition) is 5. The minimum absolute atomic E-state index is 0.0446. The largest absolute Gasteiger partial charge is 0.478 e. The highest BCUT2D eigenvalue weighted by molar-refractivity contribution is 6.02. The second-order valence-corrected chi connectivity index (χ2v) is 9.09. The minimum atomic E-state index is -1.10. The number of aryl methyl sites for hydroxylation is 1. The molecule has 7 N–H and O–H groups in total. The van der Waals surface area contributed by atoms with E-state index in [2.05, 4.69) is 10.6 Å². The number of carboxylic acids is 1. The number of para-hydroxylation sites is 1. The highest BCUT2D eigenvalue weighted by Gasteiger charge is 2.29. The van der Waals surface area contributed by atoms with Gasteiger partial charge in [-0.05, 0) is 86.3 Å². The predicted molar refractivity (Wildman–Crippen MR) is 151 cm³/mol. The molecule has 0 saturated heterocycles. The van der Waals surface area contributed by atoms with E-state index in [1.54, 1.807) is 30.3 Å². The number of nitrogens with one attached hydrogen (secondary N) is 2. The molecular weight excluding hydrogens is 498 g/mol. The van der Waals surface area contributed by atoms with Crippen molar-refractivity contribution in [3.05, 3.63) is 89.5 Å². The van der Waals surface area contributed by atoms with E-state index in [9.17, 15) is 24.3 Å². The van der Waals surface area contributed by atoms with Crippen LogP contribution in [-0.2, 0) is 16.0 Å². The third kappa shape index (κ3) is 8.14. The molecule has 3 rings (SSSR count). The smallest absolute Gasteiger partial charge is 0.335 e. The van der Waals surface area contributed by atoms with Crippen LogP contribution in [0.5, 0.6) is 0 Å². The summed E-state index contributed by atoms with van der Waals surface area (Å²) in [5.41, 5.74) is 14.5. The first-order valence-electron chi connectivity index (χ1n) is 12.6. The molecule has 204 valence electrons. The Balaban J connectivity index is 1.75. The third-order valence-corrected chi connectivity index (χ3v) is 6.19. The third-order valence-electron chi connectivity index (χ3n) is 6.19. The predicted octanol–water partition coefficient (Wildman–Crippen LogP) is 3.90. The number of aromatic carboxylic acids is 1. The molecule has 0 aliphatic heterocycles. The standard InChI is InChI=1S/C29H33N5O5/c1-19-6-2-3-7-24(19)33-29(39)32-22-13-9-20(10-14-22)18-26(35)34(25(27(31)36)8-4-5-17-30)23-15-11-21(12-16-23)28(37)38/h2-3,6-7,9-16,25H,4-5,8,17-18,30H2,1H3,(H2,31,36)(H,37,38)(H2,32,33,39)/t25-/m0/s1. The van der Waals surface area contributed by atoms with E-state index in [-0.39, 0.29) is 17.9 Å². The van der Waals surface area contributed by atoms with Crippen molar-refractivity contribution in [3.8, 4) is 0 Å². The number of amides is 4. The van der Waals surface area contributed by atoms with Crippen molar-refractivity contribution in [3.63, 3.8) is 0 Å². The molecule has 0 aromatic heterocycles. The van der Waals surface area contributed by atoms with Gasteiger partial charge in [0.05, 0.1) is 12.0 Å². The van der Waals surface area contributed by atoms with Crippen LogP contribution in [0.15, 0.2) is 72.8 Å². The monoisotopic (exact) mass is 531 g/mol. The van der Waals surface area contributed by atoms with Crippen molar-refractivity contribution < 1.29 is 24.3 Å². The maximum atomic E-state index is 13.5. The highest BCUT2D eigenvalue weighted by Crippen LogP contribution is 2.23. The average Bonchev–Trinajstić information content (AvgIpc) is 2.90. The van der Waals surface area contributed by atoms with Crippen LogP contribution in [0, 0.1) is 6.92 Å². The fourth-order valence-electron chi connectivity index (χ4n) is 4.11. The highest BCUT2D eigenvalue weighted by atomic mass is 16.4. The SMILES string of the molecule is Cc1ccccc1NC(=O)Nc1ccc(CC(=O)N(c2ccc(C(=O)O)cc2)[C@@H](CCCCN)C(N)=O)cc1. The van der Waals surface area contributed by atoms with Gasteiger partial charge in [0.1, 0.15) is 6.04 Å². The molecule has 3 aromatic rings. The van der Waals surface area contributed by atoms with Gasteiger partial charge in [0.25, 0.3) is 0 Å². The summed E-state index contributed by atoms with van der Waals surface area (Å²) in [6.45, 7) is 2.34. The van der Waals surface area contributed by atoms with Gasteiger partial charge < -0.3 is 27.2 Å². The van der Waals surface area contributed by atoms with Crippen LogP contribution in [0.4, 0.5) is 21.9 Å². The summed E-state index contributed by atoms with van der Waals surface area (Å²) in [5, 5.41) is 14.8. The number of benzene rings is 3. The summed E-state index contributed by atoms with van der Waals surface area (Å²) in [6.07, 6.45) is 1.52. The van der Waals surface area contributed by atoms with Gasteiger partial charge in [0, 0.05) is 17.1 Å². The molecule has 0 unspecified atom stereocenters. The Kier molecular flexibility index (Phi) is 10.2. The molecule has 0 fully saturated rings. The Bertz CT molecular complexity index is 1310. The summed E-state index contributed by atoms with van der Waals surface area (Å²) in [5.74, 6) is -2.15. The Morgan fingerprint density at radius 2 is 1.56 bits per heavy atom. The van der Waals surface area contributed by atoms with E-state index >= 15 is 0 Å². The minimum Gasteiger partial charge on any atom is -0.478 e. The van der Waals surface area contributed by atoms with Gasteiger partial charge >= 0.3 is 12.0 Å². The van der Waals surface area contributed by atoms with Crippen molar-refractivity contribution in [2.75, 3.05) is 22.1 Å². The van der Waals surface area contributed by atoms with Gasteiger partial charge in [-0.2, -0.15) is 0 Å². The van der Waals surface area contributed by atoms with Crippen LogP contribution in [-0.4, -0.2) is 41.5 Å². The van der Waals surface area contributed by atoms with E-state index in [4.69, 9.17) is 11.5 Å². The van der Waals surface area contributed by atoms with Gasteiger partial charge in [-0.1, -0.05) is 30.3 Å². The first kappa shape index (κ1) is 28.9. The summed E-state index contributed by atoms with van der Waals surface area (Å²) in [4.78, 5) is 50.9. The summed E-state index contributed by atoms with van der Waals surface area (Å²) in [7, 11) is 0. The lowest BCUT2D eigenvalue weighted by Gasteiger charge is -2.30. The van der Waals surface area contributed by atoms with E-state index in [1.807, 2.05) is 25.1 Å². The number of unbranched alkanes of at least 4 members (excludes halogenated alkanes) is 1. The van der Waals surface area contributed by atoms with Crippen molar-refractivity contribution in [1.29, 1.82) is 0 Å². The lowest BCUT2D eigenvalue weighted by atomic mass is 10.0. The van der Waals surface area contributed by atoms with Crippen LogP contribution in [0.3, 0.4) is 0 Å². The number of hydrogen-bond acceptors (Lipinski definition) is 5. The average molecular weight is 532 g/mol. The Morgan fingerprint density at radius 3 is 2.15 bits per heavy atom. The zero-order valence-corrected chi connectivity index (χ0v) is 21.7. The lowest BCUT2D eigenvalue weighted by Crippen LogP contribution is -2.49. The number of nitrogens with zero attached hydrogens (tertiary/aromatic N) is 1. The number of rotatable bonds is 12. The maximum Gasteiger partial charge on any atom is 0.335 e. The number of carboxylic acid groups (broad SMARTS) is 1. The van der Waals surface area contributed by atoms with Crippen LogP contribution in [0.25, 0.3) is 0 Å². The molecule has 3 aromatic carbocycles. The molecule has 4 amide bonds. The second kappa shape index (κ2) is 13.7. The first-order valence-corrected chi connectivity index (χ1v) is 12.6. The fraction of sp³-hybridized carbons (Fsp3) is 0.241. The molecule has 0 spiro atoms. The van der Waals surface area contributed by atoms with Gasteiger partial charge in [-0.25, -0.2) is 9.59 Å². The molecule has 10 heteroatoms. The Hall–Kier alpha value is -4.70. The number of primary amides is 1. The first-order chi connectivity index (χ1) is 18.7. The molecule has 0 aliphatic rings. The van der Waals surface area contributed by atoms with Crippen molar-refractivity contribution >= 4 is 40.9 Å². The second-order valence-electron chi connectivity index (χ2n) is 9.09. The van der Waals surface area contributed by atoms with Crippen LogP contribution in [0.2, 0.25) is 0 Å². The van der Waals surface area contributed by atoms with E-state index in [1.165, 1.54) is 29.2 Å². The number of nitrogens with two attached hydrogens (primary N) is 2. The van der Waals surface area contributed by atoms with Gasteiger partial charge in [-0.15, -0.1) is 0 Å². The molecule has 0 radical (unpaired) electrons. The normalized spacial score (nSPS) is 11.3. The Labute approximate surface area is 227 Å². The molecule has 0 heterocycles. The van der Waals surface area contributed by atoms with Crippen molar-refractivity contribution in [2.24, 2.45) is 11.5 Å². The molecule has 0 saturated carbocycles. The Morgan fingerprint density at radius 1 is 0.897 bits per heavy atom. The van der Waals surface area contributed by atoms with E-state index in [0.717, 1.165) is 5.56 Å². The number of urea groups is 1. The molecular formula is C29H33N5O5. The van der Waals surface area contributed by atoms with Gasteiger partial charge in [0.15, 0.2) is 0 Å². The van der Waals surface area contributed by atoms with Gasteiger partial charge in [-0.3, -0.25) is 14.5 Å². The fourth-order valence-corrected chi connectivity index (χ4v) is 4.11. The zero-order chi connectivity index (χ0) is 28.4. The van der Waals surface area contributed by atoms with Crippen LogP contribution in [0.1, 0.15) is 40.7 Å². The summed E-state index contributed by atoms with van der Waals surface area (Å²) in [6, 6.07) is 18.6.